The molecule has 156 valence electrons. The number of aromatic nitrogens is 2. The molecule has 4 rings (SSSR count). The zero-order valence-electron chi connectivity index (χ0n) is 18.3. The topological polar surface area (TPSA) is 58.1 Å². The van der Waals surface area contributed by atoms with Crippen molar-refractivity contribution < 1.29 is 4.79 Å². The number of rotatable bonds is 4. The smallest absolute Gasteiger partial charge is 0.257 e. The van der Waals surface area contributed by atoms with Crippen molar-refractivity contribution in [3.63, 3.8) is 0 Å². The maximum Gasteiger partial charge on any atom is 0.257 e. The lowest BCUT2D eigenvalue weighted by molar-refractivity contribution is 0.0636. The van der Waals surface area contributed by atoms with Gasteiger partial charge in [0, 0.05) is 35.6 Å². The number of carbonyl (C=O) groups excluding carboxylic acids is 1. The summed E-state index contributed by atoms with van der Waals surface area (Å²) in [5, 5.41) is 4.37. The van der Waals surface area contributed by atoms with Gasteiger partial charge in [-0.3, -0.25) is 4.79 Å². The number of benzene rings is 1. The number of aryl methyl sites for hydroxylation is 1. The molecule has 0 bridgehead atoms. The quantitative estimate of drug-likeness (QED) is 0.597. The van der Waals surface area contributed by atoms with Gasteiger partial charge in [0.1, 0.15) is 0 Å². The van der Waals surface area contributed by atoms with Gasteiger partial charge in [-0.2, -0.15) is 0 Å². The average Bonchev–Trinajstić information content (AvgIpc) is 2.74. The SMILES string of the molecule is Cc1ccc2c(Nc3ccc(C(C)C)cc3)c(C(=O)N3CCCC[C@H]3C)cnc2n1. The van der Waals surface area contributed by atoms with Crippen LogP contribution in [0.5, 0.6) is 0 Å². The van der Waals surface area contributed by atoms with E-state index in [0.717, 1.165) is 41.8 Å². The largest absolute Gasteiger partial charge is 0.354 e. The fourth-order valence-electron chi connectivity index (χ4n) is 4.12. The van der Waals surface area contributed by atoms with E-state index in [0.29, 0.717) is 17.1 Å². The molecule has 1 saturated heterocycles. The van der Waals surface area contributed by atoms with Crippen molar-refractivity contribution in [2.75, 3.05) is 11.9 Å². The number of likely N-dealkylation sites (tertiary alicyclic amines) is 1. The molecule has 1 fully saturated rings. The Kier molecular flexibility index (Phi) is 5.71. The molecule has 0 spiro atoms. The lowest BCUT2D eigenvalue weighted by Crippen LogP contribution is -2.42. The molecule has 0 aliphatic carbocycles. The number of piperidine rings is 1. The average molecular weight is 403 g/mol. The van der Waals surface area contributed by atoms with E-state index < -0.39 is 0 Å². The summed E-state index contributed by atoms with van der Waals surface area (Å²) < 4.78 is 0. The minimum atomic E-state index is 0.0403. The third kappa shape index (κ3) is 4.02. The van der Waals surface area contributed by atoms with E-state index in [2.05, 4.69) is 60.3 Å². The fourth-order valence-corrected chi connectivity index (χ4v) is 4.12. The molecule has 1 amide bonds. The van der Waals surface area contributed by atoms with Crippen molar-refractivity contribution in [3.05, 3.63) is 59.4 Å². The van der Waals surface area contributed by atoms with Crippen LogP contribution >= 0.6 is 0 Å². The molecule has 1 atom stereocenters. The third-order valence-electron chi connectivity index (χ3n) is 6.01. The normalized spacial score (nSPS) is 16.8. The van der Waals surface area contributed by atoms with Crippen LogP contribution in [0.2, 0.25) is 0 Å². The molecule has 1 aliphatic heterocycles. The van der Waals surface area contributed by atoms with Crippen LogP contribution in [0.1, 0.15) is 67.6 Å². The van der Waals surface area contributed by atoms with Gasteiger partial charge in [0.2, 0.25) is 0 Å². The maximum absolute atomic E-state index is 13.5. The predicted molar refractivity (Wildman–Crippen MR) is 122 cm³/mol. The van der Waals surface area contributed by atoms with Crippen molar-refractivity contribution in [2.45, 2.75) is 58.9 Å². The summed E-state index contributed by atoms with van der Waals surface area (Å²) >= 11 is 0. The van der Waals surface area contributed by atoms with Crippen LogP contribution in [-0.2, 0) is 0 Å². The highest BCUT2D eigenvalue weighted by atomic mass is 16.2. The Morgan fingerprint density at radius 3 is 2.60 bits per heavy atom. The van der Waals surface area contributed by atoms with Gasteiger partial charge in [-0.25, -0.2) is 9.97 Å². The van der Waals surface area contributed by atoms with E-state index in [1.54, 1.807) is 6.20 Å². The molecule has 0 radical (unpaired) electrons. The highest BCUT2D eigenvalue weighted by molar-refractivity contribution is 6.07. The predicted octanol–water partition coefficient (Wildman–Crippen LogP) is 5.82. The van der Waals surface area contributed by atoms with Gasteiger partial charge in [-0.15, -0.1) is 0 Å². The Bertz CT molecular complexity index is 1060. The molecule has 1 aromatic carbocycles. The first-order valence-electron chi connectivity index (χ1n) is 10.9. The molecule has 1 aliphatic rings. The van der Waals surface area contributed by atoms with E-state index in [1.807, 2.05) is 24.0 Å². The number of fused-ring (bicyclic) bond motifs is 1. The molecule has 2 aromatic heterocycles. The molecule has 5 heteroatoms. The van der Waals surface area contributed by atoms with Crippen molar-refractivity contribution in [2.24, 2.45) is 0 Å². The van der Waals surface area contributed by atoms with Crippen LogP contribution in [-0.4, -0.2) is 33.4 Å². The van der Waals surface area contributed by atoms with Crippen LogP contribution in [0.25, 0.3) is 11.0 Å². The van der Waals surface area contributed by atoms with Crippen molar-refractivity contribution >= 4 is 28.3 Å². The number of amides is 1. The summed E-state index contributed by atoms with van der Waals surface area (Å²) in [6.07, 6.45) is 4.96. The van der Waals surface area contributed by atoms with Gasteiger partial charge in [-0.1, -0.05) is 26.0 Å². The van der Waals surface area contributed by atoms with E-state index in [-0.39, 0.29) is 11.9 Å². The summed E-state index contributed by atoms with van der Waals surface area (Å²) in [7, 11) is 0. The van der Waals surface area contributed by atoms with Gasteiger partial charge < -0.3 is 10.2 Å². The van der Waals surface area contributed by atoms with E-state index >= 15 is 0 Å². The zero-order chi connectivity index (χ0) is 21.3. The Morgan fingerprint density at radius 1 is 1.13 bits per heavy atom. The van der Waals surface area contributed by atoms with E-state index in [4.69, 9.17) is 0 Å². The van der Waals surface area contributed by atoms with Gasteiger partial charge in [-0.05, 0) is 68.9 Å². The highest BCUT2D eigenvalue weighted by Gasteiger charge is 2.27. The minimum absolute atomic E-state index is 0.0403. The van der Waals surface area contributed by atoms with Crippen LogP contribution < -0.4 is 5.32 Å². The van der Waals surface area contributed by atoms with Gasteiger partial charge in [0.15, 0.2) is 5.65 Å². The molecular weight excluding hydrogens is 372 g/mol. The first kappa shape index (κ1) is 20.3. The fraction of sp³-hybridized carbons (Fsp3) is 0.400. The summed E-state index contributed by atoms with van der Waals surface area (Å²) in [5.41, 5.74) is 5.19. The first-order valence-corrected chi connectivity index (χ1v) is 10.9. The summed E-state index contributed by atoms with van der Waals surface area (Å²) in [6.45, 7) is 9.25. The maximum atomic E-state index is 13.5. The third-order valence-corrected chi connectivity index (χ3v) is 6.01. The van der Waals surface area contributed by atoms with Crippen LogP contribution in [0.3, 0.4) is 0 Å². The number of anilines is 2. The number of hydrogen-bond donors (Lipinski definition) is 1. The van der Waals surface area contributed by atoms with Crippen LogP contribution in [0, 0.1) is 6.92 Å². The van der Waals surface area contributed by atoms with Crippen molar-refractivity contribution in [1.29, 1.82) is 0 Å². The summed E-state index contributed by atoms with van der Waals surface area (Å²) in [5.74, 6) is 0.518. The van der Waals surface area contributed by atoms with Gasteiger partial charge >= 0.3 is 0 Å². The van der Waals surface area contributed by atoms with Crippen molar-refractivity contribution in [3.8, 4) is 0 Å². The Morgan fingerprint density at radius 2 is 1.90 bits per heavy atom. The second-order valence-electron chi connectivity index (χ2n) is 8.62. The zero-order valence-corrected chi connectivity index (χ0v) is 18.3. The molecule has 1 N–H and O–H groups in total. The van der Waals surface area contributed by atoms with E-state index in [1.165, 1.54) is 12.0 Å². The lowest BCUT2D eigenvalue weighted by atomic mass is 10.0. The second-order valence-corrected chi connectivity index (χ2v) is 8.62. The first-order chi connectivity index (χ1) is 14.4. The van der Waals surface area contributed by atoms with Crippen molar-refractivity contribution in [1.82, 2.24) is 14.9 Å². The van der Waals surface area contributed by atoms with Crippen LogP contribution in [0.4, 0.5) is 11.4 Å². The van der Waals surface area contributed by atoms with Crippen LogP contribution in [0.15, 0.2) is 42.6 Å². The Labute approximate surface area is 178 Å². The molecule has 3 heterocycles. The standard InChI is InChI=1S/C25H30N4O/c1-16(2)19-9-11-20(12-10-19)28-23-21-13-8-17(3)27-24(21)26-15-22(23)25(30)29-14-6-5-7-18(29)4/h8-13,15-16,18H,5-7,14H2,1-4H3,(H,26,27,28)/t18-/m1/s1. The molecule has 0 saturated carbocycles. The summed E-state index contributed by atoms with van der Waals surface area (Å²) in [4.78, 5) is 24.6. The molecule has 3 aromatic rings. The number of pyridine rings is 2. The molecule has 30 heavy (non-hydrogen) atoms. The summed E-state index contributed by atoms with van der Waals surface area (Å²) in [6, 6.07) is 12.6. The minimum Gasteiger partial charge on any atom is -0.354 e. The molecule has 5 nitrogen and oxygen atoms in total. The number of nitrogens with zero attached hydrogens (tertiary/aromatic N) is 3. The molecular formula is C25H30N4O. The Balaban J connectivity index is 1.78. The Hall–Kier alpha value is -2.95. The van der Waals surface area contributed by atoms with E-state index in [9.17, 15) is 4.79 Å². The lowest BCUT2D eigenvalue weighted by Gasteiger charge is -2.34. The van der Waals surface area contributed by atoms with Gasteiger partial charge in [0.25, 0.3) is 5.91 Å². The highest BCUT2D eigenvalue weighted by Crippen LogP contribution is 2.31. The second kappa shape index (κ2) is 8.42. The van der Waals surface area contributed by atoms with Gasteiger partial charge in [0.05, 0.1) is 11.3 Å². The molecule has 0 unspecified atom stereocenters. The number of nitrogens with one attached hydrogen (secondary N) is 1. The number of hydrogen-bond acceptors (Lipinski definition) is 4. The monoisotopic (exact) mass is 402 g/mol. The number of carbonyl (C=O) groups is 1.